The van der Waals surface area contributed by atoms with Crippen molar-refractivity contribution >= 4 is 41.2 Å². The van der Waals surface area contributed by atoms with Crippen molar-refractivity contribution in [2.45, 2.75) is 49.5 Å². The van der Waals surface area contributed by atoms with E-state index in [4.69, 9.17) is 5.73 Å². The van der Waals surface area contributed by atoms with Crippen LogP contribution in [-0.2, 0) is 14.4 Å². The second kappa shape index (κ2) is 9.32. The monoisotopic (exact) mass is 417 g/mol. The predicted octanol–water partition coefficient (Wildman–Crippen LogP) is 1.27. The first-order chi connectivity index (χ1) is 13.9. The average Bonchev–Trinajstić information content (AvgIpc) is 2.95. The van der Waals surface area contributed by atoms with Gasteiger partial charge in [0.2, 0.25) is 11.8 Å². The lowest BCUT2D eigenvalue weighted by atomic mass is 10.0. The van der Waals surface area contributed by atoms with Crippen LogP contribution in [0.5, 0.6) is 0 Å². The van der Waals surface area contributed by atoms with E-state index in [0.717, 1.165) is 24.2 Å². The van der Waals surface area contributed by atoms with Gasteiger partial charge in [-0.05, 0) is 37.9 Å². The van der Waals surface area contributed by atoms with Gasteiger partial charge < -0.3 is 5.73 Å². The number of thioether (sulfide) groups is 1. The fraction of sp³-hybridized carbons (Fsp3) is 0.450. The maximum absolute atomic E-state index is 13.0. The lowest BCUT2D eigenvalue weighted by Gasteiger charge is -2.27. The van der Waals surface area contributed by atoms with Crippen LogP contribution in [0.2, 0.25) is 0 Å². The van der Waals surface area contributed by atoms with Crippen molar-refractivity contribution < 1.29 is 24.0 Å². The summed E-state index contributed by atoms with van der Waals surface area (Å²) < 4.78 is 0. The van der Waals surface area contributed by atoms with Crippen molar-refractivity contribution in [3.05, 3.63) is 29.3 Å². The summed E-state index contributed by atoms with van der Waals surface area (Å²) in [6, 6.07) is 3.90. The lowest BCUT2D eigenvalue weighted by Crippen LogP contribution is -2.54. The van der Waals surface area contributed by atoms with Gasteiger partial charge in [-0.3, -0.25) is 34.2 Å². The third-order valence-corrected chi connectivity index (χ3v) is 6.10. The number of nitrogens with two attached hydrogens (primary N) is 1. The van der Waals surface area contributed by atoms with Crippen molar-refractivity contribution in [3.8, 4) is 0 Å². The van der Waals surface area contributed by atoms with E-state index in [9.17, 15) is 24.0 Å². The molecule has 4 amide bonds. The minimum Gasteiger partial charge on any atom is -0.330 e. The Kier molecular flexibility index (Phi) is 6.81. The smallest absolute Gasteiger partial charge is 0.263 e. The summed E-state index contributed by atoms with van der Waals surface area (Å²) in [5, 5.41) is 2.18. The predicted molar refractivity (Wildman–Crippen MR) is 106 cm³/mol. The van der Waals surface area contributed by atoms with Crippen LogP contribution in [0.3, 0.4) is 0 Å². The van der Waals surface area contributed by atoms with Gasteiger partial charge in [0.05, 0.1) is 16.9 Å². The molecular weight excluding hydrogens is 394 g/mol. The SMILES string of the molecule is NCCCCCC(=O)CSc1cccc2c1C(=O)N(C1CCC(=O)NC1=O)C2=O. The fourth-order valence-corrected chi connectivity index (χ4v) is 4.46. The molecule has 1 unspecified atom stereocenters. The fourth-order valence-electron chi connectivity index (χ4n) is 3.48. The Hall–Kier alpha value is -2.52. The maximum atomic E-state index is 13.0. The zero-order chi connectivity index (χ0) is 21.0. The van der Waals surface area contributed by atoms with Crippen LogP contribution >= 0.6 is 11.8 Å². The van der Waals surface area contributed by atoms with Crippen LogP contribution in [0.15, 0.2) is 23.1 Å². The van der Waals surface area contributed by atoms with E-state index in [1.807, 2.05) is 0 Å². The van der Waals surface area contributed by atoms with Gasteiger partial charge in [-0.2, -0.15) is 0 Å². The minimum atomic E-state index is -0.998. The molecule has 0 saturated carbocycles. The largest absolute Gasteiger partial charge is 0.330 e. The first kappa shape index (κ1) is 21.2. The summed E-state index contributed by atoms with van der Waals surface area (Å²) in [6.07, 6.45) is 3.21. The molecule has 1 aromatic rings. The Morgan fingerprint density at radius 3 is 2.66 bits per heavy atom. The number of carbonyl (C=O) groups is 5. The third-order valence-electron chi connectivity index (χ3n) is 4.98. The average molecular weight is 417 g/mol. The van der Waals surface area contributed by atoms with E-state index >= 15 is 0 Å². The quantitative estimate of drug-likeness (QED) is 0.352. The molecule has 0 aliphatic carbocycles. The van der Waals surface area contributed by atoms with Crippen LogP contribution in [0.4, 0.5) is 0 Å². The Morgan fingerprint density at radius 2 is 1.93 bits per heavy atom. The van der Waals surface area contributed by atoms with Gasteiger partial charge in [0.25, 0.3) is 11.8 Å². The van der Waals surface area contributed by atoms with Gasteiger partial charge in [0.15, 0.2) is 0 Å². The molecular formula is C20H23N3O5S. The molecule has 8 nitrogen and oxygen atoms in total. The second-order valence-corrected chi connectivity index (χ2v) is 8.07. The number of hydrogen-bond donors (Lipinski definition) is 2. The van der Waals surface area contributed by atoms with Gasteiger partial charge in [-0.1, -0.05) is 12.5 Å². The van der Waals surface area contributed by atoms with E-state index < -0.39 is 29.7 Å². The van der Waals surface area contributed by atoms with Gasteiger partial charge in [0.1, 0.15) is 11.8 Å². The van der Waals surface area contributed by atoms with Gasteiger partial charge >= 0.3 is 0 Å². The summed E-state index contributed by atoms with van der Waals surface area (Å²) in [7, 11) is 0. The molecule has 3 rings (SSSR count). The Bertz CT molecular complexity index is 870. The summed E-state index contributed by atoms with van der Waals surface area (Å²) in [5.74, 6) is -1.88. The Morgan fingerprint density at radius 1 is 1.14 bits per heavy atom. The number of imide groups is 2. The summed E-state index contributed by atoms with van der Waals surface area (Å²) in [4.78, 5) is 62.9. The minimum absolute atomic E-state index is 0.0726. The van der Waals surface area contributed by atoms with Crippen LogP contribution in [0.1, 0.15) is 59.2 Å². The molecule has 1 atom stereocenters. The highest BCUT2D eigenvalue weighted by Crippen LogP contribution is 2.34. The molecule has 0 aromatic heterocycles. The molecule has 1 fully saturated rings. The number of nitrogens with one attached hydrogen (secondary N) is 1. The first-order valence-corrected chi connectivity index (χ1v) is 10.6. The number of nitrogens with zero attached hydrogens (tertiary/aromatic N) is 1. The van der Waals surface area contributed by atoms with Crippen LogP contribution in [0, 0.1) is 0 Å². The van der Waals surface area contributed by atoms with Crippen molar-refractivity contribution in [2.75, 3.05) is 12.3 Å². The highest BCUT2D eigenvalue weighted by atomic mass is 32.2. The summed E-state index contributed by atoms with van der Waals surface area (Å²) in [6.45, 7) is 0.610. The molecule has 2 heterocycles. The van der Waals surface area contributed by atoms with Crippen molar-refractivity contribution in [2.24, 2.45) is 5.73 Å². The number of amides is 4. The van der Waals surface area contributed by atoms with E-state index in [2.05, 4.69) is 5.32 Å². The number of piperidine rings is 1. The van der Waals surface area contributed by atoms with E-state index in [-0.39, 0.29) is 35.5 Å². The van der Waals surface area contributed by atoms with E-state index in [1.165, 1.54) is 11.8 Å². The Balaban J connectivity index is 1.71. The molecule has 2 aliphatic rings. The number of ketones is 1. The third kappa shape index (κ3) is 4.56. The summed E-state index contributed by atoms with van der Waals surface area (Å²) >= 11 is 1.22. The zero-order valence-corrected chi connectivity index (χ0v) is 16.8. The van der Waals surface area contributed by atoms with Gasteiger partial charge in [0, 0.05) is 17.7 Å². The highest BCUT2D eigenvalue weighted by molar-refractivity contribution is 8.00. The topological polar surface area (TPSA) is 127 Å². The number of Topliss-reactive ketones (excluding diaryl/α,β-unsaturated/α-hetero) is 1. The van der Waals surface area contributed by atoms with Gasteiger partial charge in [-0.15, -0.1) is 11.8 Å². The number of carbonyl (C=O) groups excluding carboxylic acids is 5. The molecule has 0 spiro atoms. The number of fused-ring (bicyclic) bond motifs is 1. The van der Waals surface area contributed by atoms with Crippen molar-refractivity contribution in [1.29, 1.82) is 0 Å². The van der Waals surface area contributed by atoms with Crippen molar-refractivity contribution in [1.82, 2.24) is 10.2 Å². The zero-order valence-electron chi connectivity index (χ0n) is 15.9. The molecule has 0 radical (unpaired) electrons. The molecule has 1 aromatic carbocycles. The van der Waals surface area contributed by atoms with E-state index in [1.54, 1.807) is 18.2 Å². The number of rotatable bonds is 9. The standard InChI is InChI=1S/C20H23N3O5S/c21-10-3-1-2-5-12(24)11-29-15-7-4-6-13-17(15)20(28)23(19(13)27)14-8-9-16(25)22-18(14)26/h4,6-7,14H,1-3,5,8-11,21H2,(H,22,25,26). The highest BCUT2D eigenvalue weighted by Gasteiger charge is 2.45. The van der Waals surface area contributed by atoms with Crippen molar-refractivity contribution in [3.63, 3.8) is 0 Å². The number of benzene rings is 1. The molecule has 1 saturated heterocycles. The normalized spacial score (nSPS) is 18.8. The van der Waals surface area contributed by atoms with Crippen LogP contribution < -0.4 is 11.1 Å². The lowest BCUT2D eigenvalue weighted by molar-refractivity contribution is -0.136. The molecule has 154 valence electrons. The number of unbranched alkanes of at least 4 members (excludes halogenated alkanes) is 2. The molecule has 2 aliphatic heterocycles. The van der Waals surface area contributed by atoms with Crippen LogP contribution in [0.25, 0.3) is 0 Å². The molecule has 29 heavy (non-hydrogen) atoms. The Labute approximate surface area is 172 Å². The maximum Gasteiger partial charge on any atom is 0.263 e. The molecule has 0 bridgehead atoms. The molecule has 3 N–H and O–H groups in total. The van der Waals surface area contributed by atoms with E-state index in [0.29, 0.717) is 17.9 Å². The van der Waals surface area contributed by atoms with Gasteiger partial charge in [-0.25, -0.2) is 0 Å². The van der Waals surface area contributed by atoms with Crippen LogP contribution in [-0.4, -0.2) is 52.7 Å². The summed E-state index contributed by atoms with van der Waals surface area (Å²) in [5.41, 5.74) is 5.89. The first-order valence-electron chi connectivity index (χ1n) is 9.63. The number of hydrogen-bond acceptors (Lipinski definition) is 7. The second-order valence-electron chi connectivity index (χ2n) is 7.05. The molecule has 9 heteroatoms.